The number of carboxylic acids is 1. The van der Waals surface area contributed by atoms with Crippen LogP contribution in [0.25, 0.3) is 11.3 Å². The summed E-state index contributed by atoms with van der Waals surface area (Å²) in [4.78, 5) is 20.0. The molecule has 1 heterocycles. The number of nitrogens with zero attached hydrogens (tertiary/aromatic N) is 2. The van der Waals surface area contributed by atoms with Crippen LogP contribution in [0.1, 0.15) is 60.5 Å². The Labute approximate surface area is 218 Å². The van der Waals surface area contributed by atoms with Gasteiger partial charge in [-0.15, -0.1) is 0 Å². The summed E-state index contributed by atoms with van der Waals surface area (Å²) in [6.45, 7) is 6.56. The van der Waals surface area contributed by atoms with E-state index < -0.39 is 16.0 Å². The van der Waals surface area contributed by atoms with Gasteiger partial charge in [-0.1, -0.05) is 56.9 Å². The number of benzene rings is 2. The second kappa shape index (κ2) is 11.3. The van der Waals surface area contributed by atoms with E-state index in [9.17, 15) is 18.3 Å². The van der Waals surface area contributed by atoms with Crippen LogP contribution in [0.2, 0.25) is 0 Å². The van der Waals surface area contributed by atoms with Crippen LogP contribution in [0.3, 0.4) is 0 Å². The average Bonchev–Trinajstić information content (AvgIpc) is 3.35. The SMILES string of the molecule is Cc1cccc(C)c1-c1cc(OC[C@H](C)CC2CCCC2)nc(NS(=O)(=O)c2cccc(C(=O)O)c2)n1. The molecule has 1 aromatic heterocycles. The number of anilines is 1. The number of sulfonamides is 1. The molecule has 0 unspecified atom stereocenters. The maximum absolute atomic E-state index is 13.1. The molecule has 0 aliphatic heterocycles. The predicted octanol–water partition coefficient (Wildman–Crippen LogP) is 5.85. The maximum atomic E-state index is 13.1. The van der Waals surface area contributed by atoms with Crippen molar-refractivity contribution in [1.82, 2.24) is 9.97 Å². The van der Waals surface area contributed by atoms with Crippen molar-refractivity contribution >= 4 is 21.9 Å². The molecule has 2 aromatic carbocycles. The van der Waals surface area contributed by atoms with Crippen molar-refractivity contribution in [3.05, 3.63) is 65.2 Å². The van der Waals surface area contributed by atoms with Gasteiger partial charge in [-0.05, 0) is 61.4 Å². The van der Waals surface area contributed by atoms with Gasteiger partial charge in [0.25, 0.3) is 10.0 Å². The summed E-state index contributed by atoms with van der Waals surface area (Å²) in [6, 6.07) is 12.8. The van der Waals surface area contributed by atoms with E-state index in [2.05, 4.69) is 21.6 Å². The van der Waals surface area contributed by atoms with Crippen molar-refractivity contribution in [1.29, 1.82) is 0 Å². The van der Waals surface area contributed by atoms with Crippen molar-refractivity contribution in [2.75, 3.05) is 11.3 Å². The van der Waals surface area contributed by atoms with Crippen LogP contribution >= 0.6 is 0 Å². The van der Waals surface area contributed by atoms with Gasteiger partial charge in [0, 0.05) is 11.6 Å². The molecule has 1 aliphatic rings. The molecule has 3 aromatic rings. The fourth-order valence-electron chi connectivity index (χ4n) is 4.98. The molecule has 9 heteroatoms. The summed E-state index contributed by atoms with van der Waals surface area (Å²) in [5, 5.41) is 9.25. The van der Waals surface area contributed by atoms with E-state index in [1.807, 2.05) is 32.0 Å². The quantitative estimate of drug-likeness (QED) is 0.342. The first kappa shape index (κ1) is 26.6. The molecule has 0 saturated heterocycles. The Bertz CT molecular complexity index is 1360. The molecule has 1 saturated carbocycles. The van der Waals surface area contributed by atoms with Gasteiger partial charge in [0.05, 0.1) is 22.8 Å². The van der Waals surface area contributed by atoms with E-state index in [4.69, 9.17) is 4.74 Å². The van der Waals surface area contributed by atoms with E-state index >= 15 is 0 Å². The Morgan fingerprint density at radius 3 is 2.43 bits per heavy atom. The molecule has 0 spiro atoms. The molecule has 0 radical (unpaired) electrons. The lowest BCUT2D eigenvalue weighted by Crippen LogP contribution is -2.17. The topological polar surface area (TPSA) is 118 Å². The van der Waals surface area contributed by atoms with Gasteiger partial charge >= 0.3 is 5.97 Å². The molecule has 8 nitrogen and oxygen atoms in total. The minimum Gasteiger partial charge on any atom is -0.478 e. The molecule has 196 valence electrons. The highest BCUT2D eigenvalue weighted by Gasteiger charge is 2.21. The van der Waals surface area contributed by atoms with Gasteiger partial charge < -0.3 is 9.84 Å². The lowest BCUT2D eigenvalue weighted by molar-refractivity contribution is 0.0696. The van der Waals surface area contributed by atoms with Crippen LogP contribution in [0.4, 0.5) is 5.95 Å². The highest BCUT2D eigenvalue weighted by Crippen LogP contribution is 2.32. The van der Waals surface area contributed by atoms with E-state index in [0.717, 1.165) is 35.1 Å². The number of aromatic carboxylic acids is 1. The fourth-order valence-corrected chi connectivity index (χ4v) is 5.97. The third-order valence-corrected chi connectivity index (χ3v) is 8.11. The van der Waals surface area contributed by atoms with Crippen LogP contribution < -0.4 is 9.46 Å². The molecule has 1 aliphatic carbocycles. The smallest absolute Gasteiger partial charge is 0.335 e. The summed E-state index contributed by atoms with van der Waals surface area (Å²) in [5.74, 6) is -0.00583. The van der Waals surface area contributed by atoms with Gasteiger partial charge in [0.2, 0.25) is 11.8 Å². The molecule has 2 N–H and O–H groups in total. The first-order valence-corrected chi connectivity index (χ1v) is 14.1. The van der Waals surface area contributed by atoms with Gasteiger partial charge in [-0.3, -0.25) is 0 Å². The number of nitrogens with one attached hydrogen (secondary N) is 1. The molecule has 37 heavy (non-hydrogen) atoms. The minimum absolute atomic E-state index is 0.131. The third kappa shape index (κ3) is 6.65. The molecule has 0 bridgehead atoms. The second-order valence-electron chi connectivity index (χ2n) is 9.92. The molecule has 0 amide bonds. The summed E-state index contributed by atoms with van der Waals surface area (Å²) in [6.07, 6.45) is 6.21. The Morgan fingerprint density at radius 2 is 1.76 bits per heavy atom. The number of carboxylic acid groups (broad SMARTS) is 1. The first-order chi connectivity index (χ1) is 17.6. The highest BCUT2D eigenvalue weighted by atomic mass is 32.2. The Balaban J connectivity index is 1.64. The molecule has 4 rings (SSSR count). The summed E-state index contributed by atoms with van der Waals surface area (Å²) in [7, 11) is -4.15. The van der Waals surface area contributed by atoms with Crippen molar-refractivity contribution < 1.29 is 23.1 Å². The number of aromatic nitrogens is 2. The van der Waals surface area contributed by atoms with Crippen LogP contribution in [0.5, 0.6) is 5.88 Å². The largest absolute Gasteiger partial charge is 0.478 e. The van der Waals surface area contributed by atoms with Crippen LogP contribution in [0, 0.1) is 25.7 Å². The van der Waals surface area contributed by atoms with Crippen LogP contribution in [0.15, 0.2) is 53.4 Å². The zero-order valence-electron chi connectivity index (χ0n) is 21.4. The van der Waals surface area contributed by atoms with Gasteiger partial charge in [-0.25, -0.2) is 22.9 Å². The standard InChI is InChI=1S/C28H33N3O5S/c1-18(14-21-10-4-5-11-21)17-36-25-16-24(26-19(2)8-6-9-20(26)3)29-28(30-25)31-37(34,35)23-13-7-12-22(15-23)27(32)33/h6-9,12-13,15-16,18,21H,4-5,10-11,14,17H2,1-3H3,(H,32,33)(H,29,30,31)/t18-/m1/s1. The van der Waals surface area contributed by atoms with E-state index in [-0.39, 0.29) is 22.3 Å². The van der Waals surface area contributed by atoms with Crippen molar-refractivity contribution in [3.8, 4) is 17.1 Å². The highest BCUT2D eigenvalue weighted by molar-refractivity contribution is 7.92. The predicted molar refractivity (Wildman–Crippen MR) is 142 cm³/mol. The Hall–Kier alpha value is -3.46. The maximum Gasteiger partial charge on any atom is 0.335 e. The fraction of sp³-hybridized carbons (Fsp3) is 0.393. The van der Waals surface area contributed by atoms with Crippen LogP contribution in [-0.2, 0) is 10.0 Å². The number of hydrogen-bond donors (Lipinski definition) is 2. The number of aryl methyl sites for hydroxylation is 2. The van der Waals surface area contributed by atoms with Crippen molar-refractivity contribution in [2.24, 2.45) is 11.8 Å². The molecule has 1 atom stereocenters. The zero-order valence-corrected chi connectivity index (χ0v) is 22.2. The number of hydrogen-bond acceptors (Lipinski definition) is 6. The summed E-state index contributed by atoms with van der Waals surface area (Å²) in [5.41, 5.74) is 3.26. The van der Waals surface area contributed by atoms with Crippen molar-refractivity contribution in [2.45, 2.75) is 57.8 Å². The van der Waals surface area contributed by atoms with Gasteiger partial charge in [0.1, 0.15) is 0 Å². The minimum atomic E-state index is -4.15. The van der Waals surface area contributed by atoms with Gasteiger partial charge in [0.15, 0.2) is 0 Å². The van der Waals surface area contributed by atoms with Crippen molar-refractivity contribution in [3.63, 3.8) is 0 Å². The van der Waals surface area contributed by atoms with E-state index in [1.165, 1.54) is 43.9 Å². The monoisotopic (exact) mass is 523 g/mol. The van der Waals surface area contributed by atoms with Crippen LogP contribution in [-0.4, -0.2) is 36.1 Å². The third-order valence-electron chi connectivity index (χ3n) is 6.78. The molecular weight excluding hydrogens is 490 g/mol. The Kier molecular flexibility index (Phi) is 8.12. The number of ether oxygens (including phenoxy) is 1. The average molecular weight is 524 g/mol. The summed E-state index contributed by atoms with van der Waals surface area (Å²) < 4.78 is 34.7. The van der Waals surface area contributed by atoms with E-state index in [1.54, 1.807) is 6.07 Å². The zero-order chi connectivity index (χ0) is 26.6. The molecular formula is C28H33N3O5S. The lowest BCUT2D eigenvalue weighted by Gasteiger charge is -2.18. The Morgan fingerprint density at radius 1 is 1.08 bits per heavy atom. The van der Waals surface area contributed by atoms with E-state index in [0.29, 0.717) is 18.2 Å². The first-order valence-electron chi connectivity index (χ1n) is 12.6. The second-order valence-corrected chi connectivity index (χ2v) is 11.6. The number of carbonyl (C=O) groups is 1. The number of rotatable bonds is 10. The summed E-state index contributed by atoms with van der Waals surface area (Å²) >= 11 is 0. The lowest BCUT2D eigenvalue weighted by atomic mass is 9.95. The molecule has 1 fully saturated rings. The van der Waals surface area contributed by atoms with Gasteiger partial charge in [-0.2, -0.15) is 4.98 Å². The normalized spacial score (nSPS) is 14.9.